The lowest BCUT2D eigenvalue weighted by Crippen LogP contribution is -2.38. The highest BCUT2D eigenvalue weighted by atomic mass is 35.5. The largest absolute Gasteiger partial charge is 0.353 e. The minimum Gasteiger partial charge on any atom is -0.353 e. The topological polar surface area (TPSA) is 41.1 Å². The van der Waals surface area contributed by atoms with E-state index in [4.69, 9.17) is 11.6 Å². The van der Waals surface area contributed by atoms with Crippen LogP contribution in [0.1, 0.15) is 59.7 Å². The van der Waals surface area contributed by atoms with Crippen LogP contribution >= 0.6 is 22.9 Å². The monoisotopic (exact) mass is 374 g/mol. The number of amides is 1. The Kier molecular flexibility index (Phi) is 4.08. The smallest absolute Gasteiger partial charge is 0.256 e. The zero-order valence-corrected chi connectivity index (χ0v) is 16.4. The summed E-state index contributed by atoms with van der Waals surface area (Å²) in [5.41, 5.74) is 3.32. The highest BCUT2D eigenvalue weighted by molar-refractivity contribution is 7.16. The molecule has 0 saturated heterocycles. The molecule has 2 N–H and O–H groups in total. The van der Waals surface area contributed by atoms with Gasteiger partial charge in [-0.1, -0.05) is 50.6 Å². The van der Waals surface area contributed by atoms with Gasteiger partial charge < -0.3 is 10.6 Å². The Bertz CT molecular complexity index is 837. The van der Waals surface area contributed by atoms with E-state index >= 15 is 0 Å². The van der Waals surface area contributed by atoms with Crippen molar-refractivity contribution in [3.63, 3.8) is 0 Å². The summed E-state index contributed by atoms with van der Waals surface area (Å²) in [7, 11) is 0. The normalized spacial score (nSPS) is 22.6. The summed E-state index contributed by atoms with van der Waals surface area (Å²) in [6.45, 7) is 6.94. The molecule has 0 fully saturated rings. The third kappa shape index (κ3) is 2.96. The summed E-state index contributed by atoms with van der Waals surface area (Å²) in [5, 5.41) is 8.24. The van der Waals surface area contributed by atoms with Gasteiger partial charge in [0, 0.05) is 15.5 Å². The van der Waals surface area contributed by atoms with Gasteiger partial charge in [0.1, 0.15) is 11.2 Å². The van der Waals surface area contributed by atoms with Crippen LogP contribution in [0.25, 0.3) is 0 Å². The highest BCUT2D eigenvalue weighted by Crippen LogP contribution is 2.46. The predicted molar refractivity (Wildman–Crippen MR) is 105 cm³/mol. The Morgan fingerprint density at radius 3 is 2.68 bits per heavy atom. The van der Waals surface area contributed by atoms with Gasteiger partial charge >= 0.3 is 0 Å². The van der Waals surface area contributed by atoms with Crippen molar-refractivity contribution in [1.29, 1.82) is 0 Å². The Morgan fingerprint density at radius 2 is 1.96 bits per heavy atom. The van der Waals surface area contributed by atoms with E-state index in [0.717, 1.165) is 35.4 Å². The molecule has 25 heavy (non-hydrogen) atoms. The first-order valence-corrected chi connectivity index (χ1v) is 10.0. The number of anilines is 1. The van der Waals surface area contributed by atoms with Gasteiger partial charge in [-0.3, -0.25) is 4.79 Å². The number of rotatable bonds is 1. The molecule has 0 spiro atoms. The van der Waals surface area contributed by atoms with Crippen molar-refractivity contribution in [1.82, 2.24) is 5.32 Å². The van der Waals surface area contributed by atoms with Crippen molar-refractivity contribution >= 4 is 33.8 Å². The molecule has 2 aromatic rings. The molecule has 1 aromatic carbocycles. The molecule has 1 amide bonds. The Morgan fingerprint density at radius 1 is 1.20 bits per heavy atom. The maximum Gasteiger partial charge on any atom is 0.256 e. The third-order valence-corrected chi connectivity index (χ3v) is 7.01. The molecular weight excluding hydrogens is 352 g/mol. The third-order valence-electron chi connectivity index (χ3n) is 5.48. The van der Waals surface area contributed by atoms with Crippen molar-refractivity contribution in [3.05, 3.63) is 50.9 Å². The number of carbonyl (C=O) groups excluding carboxylic acids is 1. The Balaban J connectivity index is 1.67. The molecular formula is C20H23ClN2OS. The lowest BCUT2D eigenvalue weighted by atomic mass is 9.72. The van der Waals surface area contributed by atoms with Gasteiger partial charge in [-0.05, 0) is 42.2 Å². The molecule has 0 radical (unpaired) electrons. The molecule has 0 saturated carbocycles. The highest BCUT2D eigenvalue weighted by Gasteiger charge is 2.36. The van der Waals surface area contributed by atoms with Gasteiger partial charge in [-0.15, -0.1) is 11.3 Å². The van der Waals surface area contributed by atoms with Crippen molar-refractivity contribution in [3.8, 4) is 0 Å². The maximum atomic E-state index is 12.8. The standard InChI is InChI=1S/C20H23ClN2OS/c1-20(2,3)11-8-9-13-15(10-11)25-19-16(13)18(24)22-17(23-19)12-6-4-5-7-14(12)21/h4-7,11,17,23H,8-10H2,1-3H3,(H,22,24). The van der Waals surface area contributed by atoms with Crippen LogP contribution in [0.3, 0.4) is 0 Å². The van der Waals surface area contributed by atoms with Gasteiger partial charge in [-0.2, -0.15) is 0 Å². The second kappa shape index (κ2) is 6.03. The van der Waals surface area contributed by atoms with Crippen LogP contribution in [0.15, 0.2) is 24.3 Å². The fourth-order valence-corrected chi connectivity index (χ4v) is 5.50. The minimum atomic E-state index is -0.271. The van der Waals surface area contributed by atoms with Crippen LogP contribution < -0.4 is 10.6 Å². The number of halogens is 1. The van der Waals surface area contributed by atoms with Crippen LogP contribution in [0.5, 0.6) is 0 Å². The summed E-state index contributed by atoms with van der Waals surface area (Å²) >= 11 is 8.07. The summed E-state index contributed by atoms with van der Waals surface area (Å²) in [6.07, 6.45) is 2.95. The number of thiophene rings is 1. The second-order valence-corrected chi connectivity index (χ2v) is 9.60. The van der Waals surface area contributed by atoms with Gasteiger partial charge in [-0.25, -0.2) is 0 Å². The van der Waals surface area contributed by atoms with Gasteiger partial charge in [0.25, 0.3) is 5.91 Å². The average Bonchev–Trinajstić information content (AvgIpc) is 2.92. The van der Waals surface area contributed by atoms with Crippen molar-refractivity contribution in [2.45, 2.75) is 46.2 Å². The number of carbonyl (C=O) groups is 1. The van der Waals surface area contributed by atoms with E-state index in [-0.39, 0.29) is 12.1 Å². The van der Waals surface area contributed by atoms with Gasteiger partial charge in [0.2, 0.25) is 0 Å². The van der Waals surface area contributed by atoms with Crippen LogP contribution in [0.4, 0.5) is 5.00 Å². The van der Waals surface area contributed by atoms with Crippen LogP contribution in [0.2, 0.25) is 5.02 Å². The molecule has 4 rings (SSSR count). The fraction of sp³-hybridized carbons (Fsp3) is 0.450. The van der Waals surface area contributed by atoms with Crippen molar-refractivity contribution < 1.29 is 4.79 Å². The number of benzene rings is 1. The first kappa shape index (κ1) is 16.9. The summed E-state index contributed by atoms with van der Waals surface area (Å²) in [6, 6.07) is 7.65. The van der Waals surface area contributed by atoms with Crippen molar-refractivity contribution in [2.24, 2.45) is 11.3 Å². The van der Waals surface area contributed by atoms with Crippen LogP contribution in [-0.2, 0) is 12.8 Å². The Labute approximate surface area is 157 Å². The number of hydrogen-bond acceptors (Lipinski definition) is 3. The SMILES string of the molecule is CC(C)(C)C1CCc2c(sc3c2C(=O)NC(c2ccccc2Cl)N3)C1. The molecule has 3 nitrogen and oxygen atoms in total. The maximum absolute atomic E-state index is 12.8. The van der Waals surface area contributed by atoms with E-state index in [9.17, 15) is 4.79 Å². The molecule has 2 atom stereocenters. The van der Waals surface area contributed by atoms with E-state index in [1.807, 2.05) is 24.3 Å². The molecule has 2 unspecified atom stereocenters. The number of nitrogens with one attached hydrogen (secondary N) is 2. The summed E-state index contributed by atoms with van der Waals surface area (Å²) < 4.78 is 0. The lowest BCUT2D eigenvalue weighted by Gasteiger charge is -2.34. The fourth-order valence-electron chi connectivity index (χ4n) is 3.90. The van der Waals surface area contributed by atoms with E-state index < -0.39 is 0 Å². The predicted octanol–water partition coefficient (Wildman–Crippen LogP) is 5.41. The zero-order chi connectivity index (χ0) is 17.8. The first-order valence-electron chi connectivity index (χ1n) is 8.81. The number of hydrogen-bond donors (Lipinski definition) is 2. The molecule has 2 aliphatic rings. The lowest BCUT2D eigenvalue weighted by molar-refractivity contribution is 0.0935. The van der Waals surface area contributed by atoms with Gasteiger partial charge in [0.15, 0.2) is 0 Å². The molecule has 1 aliphatic heterocycles. The van der Waals surface area contributed by atoms with Crippen LogP contribution in [0, 0.1) is 11.3 Å². The molecule has 132 valence electrons. The molecule has 0 bridgehead atoms. The van der Waals surface area contributed by atoms with Crippen LogP contribution in [-0.4, -0.2) is 5.91 Å². The summed E-state index contributed by atoms with van der Waals surface area (Å²) in [4.78, 5) is 14.2. The zero-order valence-electron chi connectivity index (χ0n) is 14.8. The van der Waals surface area contributed by atoms with E-state index in [1.165, 1.54) is 10.4 Å². The van der Waals surface area contributed by atoms with Gasteiger partial charge in [0.05, 0.1) is 5.56 Å². The second-order valence-electron chi connectivity index (χ2n) is 8.09. The van der Waals surface area contributed by atoms with Crippen molar-refractivity contribution in [2.75, 3.05) is 5.32 Å². The quantitative estimate of drug-likeness (QED) is 0.701. The number of fused-ring (bicyclic) bond motifs is 3. The minimum absolute atomic E-state index is 0.0189. The van der Waals surface area contributed by atoms with E-state index in [0.29, 0.717) is 16.4 Å². The molecule has 5 heteroatoms. The molecule has 1 aromatic heterocycles. The van der Waals surface area contributed by atoms with E-state index in [2.05, 4.69) is 31.4 Å². The first-order chi connectivity index (χ1) is 11.8. The Hall–Kier alpha value is -1.52. The molecule has 1 aliphatic carbocycles. The summed E-state index contributed by atoms with van der Waals surface area (Å²) in [5.74, 6) is 0.688. The molecule has 2 heterocycles. The average molecular weight is 375 g/mol. The van der Waals surface area contributed by atoms with E-state index in [1.54, 1.807) is 11.3 Å².